The van der Waals surface area contributed by atoms with Crippen molar-refractivity contribution in [2.24, 2.45) is 0 Å². The van der Waals surface area contributed by atoms with Gasteiger partial charge < -0.3 is 4.11 Å². The first kappa shape index (κ1) is 9.40. The molecule has 0 atom stereocenters. The van der Waals surface area contributed by atoms with Crippen molar-refractivity contribution in [3.8, 4) is 0 Å². The first-order valence-corrected chi connectivity index (χ1v) is 7.63. The predicted molar refractivity (Wildman–Crippen MR) is 62.2 cm³/mol. The quantitative estimate of drug-likeness (QED) is 0.494. The Balaban J connectivity index is 2.63. The van der Waals surface area contributed by atoms with E-state index in [2.05, 4.69) is 0 Å². The highest BCUT2D eigenvalue weighted by Crippen LogP contribution is 2.14. The third-order valence-electron chi connectivity index (χ3n) is 2.44. The van der Waals surface area contributed by atoms with Crippen LogP contribution in [0.5, 0.6) is 0 Å². The third-order valence-corrected chi connectivity index (χ3v) is 4.12. The van der Waals surface area contributed by atoms with Gasteiger partial charge in [0.05, 0.1) is 0 Å². The minimum absolute atomic E-state index is 0.871. The highest BCUT2D eigenvalue weighted by molar-refractivity contribution is 6.83. The smallest absolute Gasteiger partial charge is 0.271 e. The Morgan fingerprint density at radius 2 is 1.57 bits per heavy atom. The van der Waals surface area contributed by atoms with E-state index in [1.165, 1.54) is 5.39 Å². The van der Waals surface area contributed by atoms with E-state index in [4.69, 9.17) is 0 Å². The van der Waals surface area contributed by atoms with Crippen molar-refractivity contribution in [2.45, 2.75) is 13.1 Å². The molecule has 0 amide bonds. The maximum atomic E-state index is 13.8. The van der Waals surface area contributed by atoms with Gasteiger partial charge in [-0.1, -0.05) is 42.5 Å². The zero-order valence-electron chi connectivity index (χ0n) is 8.42. The minimum atomic E-state index is -2.65. The third kappa shape index (κ3) is 1.70. The van der Waals surface area contributed by atoms with Crippen molar-refractivity contribution < 1.29 is 4.11 Å². The molecular formula is C12H13FSi. The Hall–Kier alpha value is -1.15. The summed E-state index contributed by atoms with van der Waals surface area (Å²) in [5.41, 5.74) is 0. The van der Waals surface area contributed by atoms with Gasteiger partial charge in [0.25, 0.3) is 8.41 Å². The minimum Gasteiger partial charge on any atom is -0.308 e. The lowest BCUT2D eigenvalue weighted by molar-refractivity contribution is 0.822. The van der Waals surface area contributed by atoms with Gasteiger partial charge in [0, 0.05) is 0 Å². The van der Waals surface area contributed by atoms with E-state index < -0.39 is 8.41 Å². The fraction of sp³-hybridized carbons (Fsp3) is 0.167. The van der Waals surface area contributed by atoms with Gasteiger partial charge in [-0.25, -0.2) is 0 Å². The molecule has 0 fully saturated rings. The summed E-state index contributed by atoms with van der Waals surface area (Å²) in [5, 5.41) is 3.17. The molecule has 2 rings (SSSR count). The maximum absolute atomic E-state index is 13.8. The molecule has 2 aromatic carbocycles. The summed E-state index contributed by atoms with van der Waals surface area (Å²) in [5.74, 6) is 0. The number of rotatable bonds is 1. The van der Waals surface area contributed by atoms with Crippen molar-refractivity contribution in [1.82, 2.24) is 0 Å². The van der Waals surface area contributed by atoms with E-state index in [1.54, 1.807) is 13.1 Å². The Morgan fingerprint density at radius 3 is 2.21 bits per heavy atom. The lowest BCUT2D eigenvalue weighted by atomic mass is 10.1. The summed E-state index contributed by atoms with van der Waals surface area (Å²) in [7, 11) is -2.65. The van der Waals surface area contributed by atoms with Crippen molar-refractivity contribution >= 4 is 24.4 Å². The summed E-state index contributed by atoms with van der Waals surface area (Å²) in [6.07, 6.45) is 0. The van der Waals surface area contributed by atoms with Crippen LogP contribution in [0, 0.1) is 0 Å². The molecule has 0 N–H and O–H groups in total. The second-order valence-electron chi connectivity index (χ2n) is 4.03. The van der Waals surface area contributed by atoms with Crippen LogP contribution < -0.4 is 5.19 Å². The van der Waals surface area contributed by atoms with Gasteiger partial charge in [-0.3, -0.25) is 0 Å². The standard InChI is InChI=1S/C12H13FSi/c1-14(2,13)12-8-7-10-5-3-4-6-11(10)9-12/h3-9H,1-2H3. The summed E-state index contributed by atoms with van der Waals surface area (Å²) in [6, 6.07) is 13.9. The van der Waals surface area contributed by atoms with Gasteiger partial charge >= 0.3 is 0 Å². The molecular weight excluding hydrogens is 191 g/mol. The fourth-order valence-electron chi connectivity index (χ4n) is 1.56. The van der Waals surface area contributed by atoms with Gasteiger partial charge in [0.1, 0.15) is 0 Å². The first-order chi connectivity index (χ1) is 6.57. The Labute approximate surface area is 84.6 Å². The van der Waals surface area contributed by atoms with Crippen LogP contribution in [0.4, 0.5) is 4.11 Å². The number of hydrogen-bond acceptors (Lipinski definition) is 0. The van der Waals surface area contributed by atoms with E-state index >= 15 is 0 Å². The number of hydrogen-bond donors (Lipinski definition) is 0. The van der Waals surface area contributed by atoms with E-state index in [1.807, 2.05) is 42.5 Å². The number of halogens is 1. The fourth-order valence-corrected chi connectivity index (χ4v) is 2.54. The molecule has 0 saturated heterocycles. The maximum Gasteiger partial charge on any atom is 0.271 e. The van der Waals surface area contributed by atoms with Crippen molar-refractivity contribution in [3.63, 3.8) is 0 Å². The molecule has 0 bridgehead atoms. The SMILES string of the molecule is C[Si](C)(F)c1ccc2ccccc2c1. The van der Waals surface area contributed by atoms with Crippen molar-refractivity contribution in [2.75, 3.05) is 0 Å². The molecule has 2 heteroatoms. The first-order valence-electron chi connectivity index (χ1n) is 4.75. The summed E-state index contributed by atoms with van der Waals surface area (Å²) >= 11 is 0. The average Bonchev–Trinajstić information content (AvgIpc) is 2.16. The van der Waals surface area contributed by atoms with Crippen LogP contribution >= 0.6 is 0 Å². The molecule has 0 aliphatic carbocycles. The van der Waals surface area contributed by atoms with Crippen LogP contribution in [-0.4, -0.2) is 8.41 Å². The van der Waals surface area contributed by atoms with Crippen LogP contribution in [0.2, 0.25) is 13.1 Å². The monoisotopic (exact) mass is 204 g/mol. The predicted octanol–water partition coefficient (Wildman–Crippen LogP) is 3.22. The summed E-state index contributed by atoms with van der Waals surface area (Å²) in [4.78, 5) is 0. The topological polar surface area (TPSA) is 0 Å². The molecule has 0 spiro atoms. The lowest BCUT2D eigenvalue weighted by Gasteiger charge is -2.11. The van der Waals surface area contributed by atoms with E-state index in [0.717, 1.165) is 10.6 Å². The second kappa shape index (κ2) is 3.21. The van der Waals surface area contributed by atoms with Gasteiger partial charge in [-0.15, -0.1) is 0 Å². The van der Waals surface area contributed by atoms with E-state index in [0.29, 0.717) is 0 Å². The molecule has 14 heavy (non-hydrogen) atoms. The molecule has 0 nitrogen and oxygen atoms in total. The zero-order chi connectivity index (χ0) is 10.2. The van der Waals surface area contributed by atoms with Crippen LogP contribution in [0.15, 0.2) is 42.5 Å². The summed E-state index contributed by atoms with van der Waals surface area (Å²) < 4.78 is 13.8. The molecule has 0 aliphatic rings. The van der Waals surface area contributed by atoms with Gasteiger partial charge in [-0.05, 0) is 29.1 Å². The van der Waals surface area contributed by atoms with Gasteiger partial charge in [0.2, 0.25) is 0 Å². The second-order valence-corrected chi connectivity index (χ2v) is 7.56. The molecule has 72 valence electrons. The Bertz CT molecular complexity index is 457. The van der Waals surface area contributed by atoms with Crippen molar-refractivity contribution in [3.05, 3.63) is 42.5 Å². The normalized spacial score (nSPS) is 11.9. The highest BCUT2D eigenvalue weighted by Gasteiger charge is 2.23. The molecule has 0 aliphatic heterocycles. The molecule has 0 radical (unpaired) electrons. The van der Waals surface area contributed by atoms with Crippen LogP contribution in [0.3, 0.4) is 0 Å². The van der Waals surface area contributed by atoms with Gasteiger partial charge in [0.15, 0.2) is 0 Å². The van der Waals surface area contributed by atoms with Gasteiger partial charge in [-0.2, -0.15) is 0 Å². The van der Waals surface area contributed by atoms with E-state index in [-0.39, 0.29) is 0 Å². The van der Waals surface area contributed by atoms with Crippen LogP contribution in [0.1, 0.15) is 0 Å². The lowest BCUT2D eigenvalue weighted by Crippen LogP contribution is -2.36. The van der Waals surface area contributed by atoms with E-state index in [9.17, 15) is 4.11 Å². The molecule has 2 aromatic rings. The molecule has 0 aromatic heterocycles. The largest absolute Gasteiger partial charge is 0.308 e. The van der Waals surface area contributed by atoms with Crippen LogP contribution in [-0.2, 0) is 0 Å². The Morgan fingerprint density at radius 1 is 0.929 bits per heavy atom. The molecule has 0 heterocycles. The molecule has 0 saturated carbocycles. The zero-order valence-corrected chi connectivity index (χ0v) is 9.42. The van der Waals surface area contributed by atoms with Crippen LogP contribution in [0.25, 0.3) is 10.8 Å². The number of benzene rings is 2. The average molecular weight is 204 g/mol. The summed E-state index contributed by atoms with van der Waals surface area (Å²) in [6.45, 7) is 3.44. The highest BCUT2D eigenvalue weighted by atomic mass is 28.4. The Kier molecular flexibility index (Phi) is 2.15. The van der Waals surface area contributed by atoms with Crippen molar-refractivity contribution in [1.29, 1.82) is 0 Å². The molecule has 0 unspecified atom stereocenters. The number of fused-ring (bicyclic) bond motifs is 1.